The number of rotatable bonds is 8. The highest BCUT2D eigenvalue weighted by Gasteiger charge is 2.15. The molecule has 0 aliphatic carbocycles. The summed E-state index contributed by atoms with van der Waals surface area (Å²) in [5.41, 5.74) is 2.51. The number of hydrogen-bond acceptors (Lipinski definition) is 4. The van der Waals surface area contributed by atoms with Crippen LogP contribution < -0.4 is 4.74 Å². The minimum atomic E-state index is -0.343. The van der Waals surface area contributed by atoms with Crippen LogP contribution in [0.15, 0.2) is 48.5 Å². The van der Waals surface area contributed by atoms with Gasteiger partial charge in [0.15, 0.2) is 0 Å². The van der Waals surface area contributed by atoms with Gasteiger partial charge in [-0.25, -0.2) is 4.79 Å². The van der Waals surface area contributed by atoms with Crippen molar-refractivity contribution >= 4 is 11.9 Å². The van der Waals surface area contributed by atoms with Crippen LogP contribution in [0.3, 0.4) is 0 Å². The second-order valence-corrected chi connectivity index (χ2v) is 6.83. The fourth-order valence-electron chi connectivity index (χ4n) is 3.07. The second-order valence-electron chi connectivity index (χ2n) is 6.83. The van der Waals surface area contributed by atoms with Crippen molar-refractivity contribution in [2.75, 3.05) is 0 Å². The van der Waals surface area contributed by atoms with Crippen molar-refractivity contribution in [1.82, 2.24) is 0 Å². The lowest BCUT2D eigenvalue weighted by molar-refractivity contribution is -0.131. The third-order valence-electron chi connectivity index (χ3n) is 4.70. The zero-order valence-corrected chi connectivity index (χ0v) is 16.5. The van der Waals surface area contributed by atoms with E-state index in [1.54, 1.807) is 24.3 Å². The Hall–Kier alpha value is -2.62. The van der Waals surface area contributed by atoms with Crippen LogP contribution in [0.4, 0.5) is 0 Å². The Morgan fingerprint density at radius 1 is 0.889 bits per heavy atom. The number of benzene rings is 2. The van der Waals surface area contributed by atoms with Gasteiger partial charge in [-0.15, -0.1) is 0 Å². The topological polar surface area (TPSA) is 52.6 Å². The maximum Gasteiger partial charge on any atom is 0.338 e. The average molecular weight is 368 g/mol. The molecular weight excluding hydrogens is 340 g/mol. The normalized spacial score (nSPS) is 11.9. The Morgan fingerprint density at radius 3 is 1.89 bits per heavy atom. The molecule has 0 spiro atoms. The van der Waals surface area contributed by atoms with Crippen molar-refractivity contribution in [3.8, 4) is 16.9 Å². The summed E-state index contributed by atoms with van der Waals surface area (Å²) in [5.74, 6) is 0.470. The first-order valence-electron chi connectivity index (χ1n) is 9.52. The van der Waals surface area contributed by atoms with Gasteiger partial charge in [-0.1, -0.05) is 51.0 Å². The molecule has 0 fully saturated rings. The Morgan fingerprint density at radius 2 is 1.41 bits per heavy atom. The number of esters is 2. The summed E-state index contributed by atoms with van der Waals surface area (Å²) in [7, 11) is 0. The molecule has 144 valence electrons. The molecule has 0 N–H and O–H groups in total. The van der Waals surface area contributed by atoms with Gasteiger partial charge in [0.25, 0.3) is 0 Å². The second kappa shape index (κ2) is 9.91. The molecule has 0 radical (unpaired) electrons. The summed E-state index contributed by atoms with van der Waals surface area (Å²) >= 11 is 0. The predicted molar refractivity (Wildman–Crippen MR) is 107 cm³/mol. The van der Waals surface area contributed by atoms with E-state index in [2.05, 4.69) is 13.8 Å². The lowest BCUT2D eigenvalue weighted by Gasteiger charge is -2.18. The quantitative estimate of drug-likeness (QED) is 0.446. The lowest BCUT2D eigenvalue weighted by atomic mass is 9.97. The molecule has 1 atom stereocenters. The summed E-state index contributed by atoms with van der Waals surface area (Å²) in [6, 6.07) is 14.6. The van der Waals surface area contributed by atoms with E-state index in [1.807, 2.05) is 31.2 Å². The molecule has 4 heteroatoms. The Balaban J connectivity index is 1.99. The summed E-state index contributed by atoms with van der Waals surface area (Å²) < 4.78 is 10.6. The molecule has 2 rings (SSSR count). The van der Waals surface area contributed by atoms with Crippen LogP contribution in [-0.4, -0.2) is 18.0 Å². The van der Waals surface area contributed by atoms with Gasteiger partial charge in [0.2, 0.25) is 0 Å². The summed E-state index contributed by atoms with van der Waals surface area (Å²) in [6.45, 7) is 7.66. The third-order valence-corrected chi connectivity index (χ3v) is 4.70. The van der Waals surface area contributed by atoms with E-state index in [1.165, 1.54) is 6.92 Å². The van der Waals surface area contributed by atoms with E-state index in [9.17, 15) is 9.59 Å². The molecular formula is C23H28O4. The third kappa shape index (κ3) is 6.24. The monoisotopic (exact) mass is 368 g/mol. The van der Waals surface area contributed by atoms with Crippen molar-refractivity contribution in [3.05, 3.63) is 54.1 Å². The maximum absolute atomic E-state index is 12.3. The van der Waals surface area contributed by atoms with Gasteiger partial charge in [-0.3, -0.25) is 4.79 Å². The number of carbonyl (C=O) groups excluding carboxylic acids is 2. The first-order chi connectivity index (χ1) is 12.9. The molecule has 0 aliphatic rings. The molecule has 0 amide bonds. The molecule has 0 aliphatic heterocycles. The average Bonchev–Trinajstić information content (AvgIpc) is 2.66. The SMILES string of the molecule is CCC(CC)C[C@@H](C)OC(=O)c1ccc(-c2ccc(OC(C)=O)cc2)cc1. The van der Waals surface area contributed by atoms with Gasteiger partial charge < -0.3 is 9.47 Å². The van der Waals surface area contributed by atoms with E-state index in [0.717, 1.165) is 30.4 Å². The number of carbonyl (C=O) groups is 2. The Labute approximate surface area is 161 Å². The smallest absolute Gasteiger partial charge is 0.338 e. The van der Waals surface area contributed by atoms with Gasteiger partial charge in [0.1, 0.15) is 5.75 Å². The van der Waals surface area contributed by atoms with Gasteiger partial charge in [-0.05, 0) is 54.7 Å². The van der Waals surface area contributed by atoms with Crippen LogP contribution in [0.5, 0.6) is 5.75 Å². The lowest BCUT2D eigenvalue weighted by Crippen LogP contribution is -2.18. The largest absolute Gasteiger partial charge is 0.459 e. The number of hydrogen-bond donors (Lipinski definition) is 0. The first-order valence-corrected chi connectivity index (χ1v) is 9.52. The standard InChI is InChI=1S/C23H28O4/c1-5-18(6-2)15-16(3)26-23(25)21-9-7-19(8-10-21)20-11-13-22(14-12-20)27-17(4)24/h7-14,16,18H,5-6,15H2,1-4H3/t16-/m1/s1. The van der Waals surface area contributed by atoms with E-state index in [-0.39, 0.29) is 18.0 Å². The van der Waals surface area contributed by atoms with Crippen LogP contribution in [-0.2, 0) is 9.53 Å². The van der Waals surface area contributed by atoms with Crippen LogP contribution in [0.25, 0.3) is 11.1 Å². The Kier molecular flexibility index (Phi) is 7.59. The molecule has 2 aromatic rings. The summed E-state index contributed by atoms with van der Waals surface area (Å²) in [6.07, 6.45) is 3.01. The van der Waals surface area contributed by atoms with Gasteiger partial charge in [0, 0.05) is 6.92 Å². The van der Waals surface area contributed by atoms with Crippen molar-refractivity contribution < 1.29 is 19.1 Å². The fraction of sp³-hybridized carbons (Fsp3) is 0.391. The summed E-state index contributed by atoms with van der Waals surface area (Å²) in [5, 5.41) is 0. The van der Waals surface area contributed by atoms with Gasteiger partial charge >= 0.3 is 11.9 Å². The molecule has 4 nitrogen and oxygen atoms in total. The maximum atomic E-state index is 12.3. The van der Waals surface area contributed by atoms with Crippen molar-refractivity contribution in [3.63, 3.8) is 0 Å². The molecule has 0 saturated heterocycles. The first kappa shape index (κ1) is 20.7. The minimum absolute atomic E-state index is 0.0871. The van der Waals surface area contributed by atoms with Gasteiger partial charge in [0.05, 0.1) is 11.7 Å². The molecule has 0 aromatic heterocycles. The molecule has 2 aromatic carbocycles. The molecule has 0 bridgehead atoms. The van der Waals surface area contributed by atoms with Crippen molar-refractivity contribution in [2.24, 2.45) is 5.92 Å². The number of ether oxygens (including phenoxy) is 2. The molecule has 27 heavy (non-hydrogen) atoms. The highest BCUT2D eigenvalue weighted by Crippen LogP contribution is 2.24. The summed E-state index contributed by atoms with van der Waals surface area (Å²) in [4.78, 5) is 23.3. The molecule has 0 saturated carbocycles. The van der Waals surface area contributed by atoms with E-state index in [0.29, 0.717) is 17.2 Å². The molecule has 0 heterocycles. The van der Waals surface area contributed by atoms with Gasteiger partial charge in [-0.2, -0.15) is 0 Å². The van der Waals surface area contributed by atoms with Crippen LogP contribution in [0, 0.1) is 5.92 Å². The van der Waals surface area contributed by atoms with Crippen molar-refractivity contribution in [1.29, 1.82) is 0 Å². The van der Waals surface area contributed by atoms with Crippen LogP contribution in [0.1, 0.15) is 57.3 Å². The predicted octanol–water partition coefficient (Wildman–Crippen LogP) is 5.65. The zero-order valence-electron chi connectivity index (χ0n) is 16.5. The van der Waals surface area contributed by atoms with E-state index >= 15 is 0 Å². The van der Waals surface area contributed by atoms with Crippen molar-refractivity contribution in [2.45, 2.75) is 53.1 Å². The van der Waals surface area contributed by atoms with Crippen LogP contribution in [0.2, 0.25) is 0 Å². The van der Waals surface area contributed by atoms with E-state index in [4.69, 9.17) is 9.47 Å². The van der Waals surface area contributed by atoms with Crippen LogP contribution >= 0.6 is 0 Å². The highest BCUT2D eigenvalue weighted by molar-refractivity contribution is 5.90. The minimum Gasteiger partial charge on any atom is -0.459 e. The Bertz CT molecular complexity index is 743. The molecule has 0 unspecified atom stereocenters. The zero-order chi connectivity index (χ0) is 19.8. The fourth-order valence-corrected chi connectivity index (χ4v) is 3.07. The highest BCUT2D eigenvalue weighted by atomic mass is 16.5. The van der Waals surface area contributed by atoms with E-state index < -0.39 is 0 Å².